The van der Waals surface area contributed by atoms with Crippen molar-refractivity contribution in [3.8, 4) is 0 Å². The number of allylic oxidation sites excluding steroid dienone is 1. The number of rotatable bonds is 5. The van der Waals surface area contributed by atoms with Gasteiger partial charge >= 0.3 is 0 Å². The lowest BCUT2D eigenvalue weighted by Crippen LogP contribution is -2.57. The van der Waals surface area contributed by atoms with Crippen molar-refractivity contribution in [1.82, 2.24) is 29.2 Å². The number of piperazine rings is 1. The van der Waals surface area contributed by atoms with Crippen molar-refractivity contribution >= 4 is 27.8 Å². The minimum absolute atomic E-state index is 0.0198. The Bertz CT molecular complexity index is 1420. The maximum atomic E-state index is 12.8. The van der Waals surface area contributed by atoms with Gasteiger partial charge in [0, 0.05) is 62.9 Å². The van der Waals surface area contributed by atoms with Crippen molar-refractivity contribution in [2.24, 2.45) is 7.05 Å². The first-order valence-corrected chi connectivity index (χ1v) is 11.8. The van der Waals surface area contributed by atoms with E-state index in [0.717, 1.165) is 40.8 Å². The molecule has 0 unspecified atom stereocenters. The van der Waals surface area contributed by atoms with Crippen LogP contribution in [0.2, 0.25) is 0 Å². The van der Waals surface area contributed by atoms with Crippen molar-refractivity contribution < 1.29 is 0 Å². The summed E-state index contributed by atoms with van der Waals surface area (Å²) in [5.41, 5.74) is 5.66. The van der Waals surface area contributed by atoms with Crippen LogP contribution < -0.4 is 10.5 Å². The molecule has 4 heterocycles. The van der Waals surface area contributed by atoms with Gasteiger partial charge in [0.05, 0.1) is 28.8 Å². The molecule has 0 bridgehead atoms. The first-order valence-electron chi connectivity index (χ1n) is 11.8. The number of hydrogen-bond donors (Lipinski definition) is 0. The third kappa shape index (κ3) is 3.77. The van der Waals surface area contributed by atoms with Crippen LogP contribution in [0.3, 0.4) is 0 Å². The first-order chi connectivity index (χ1) is 16.4. The smallest absolute Gasteiger partial charge is 0.252 e. The molecule has 1 fully saturated rings. The Morgan fingerprint density at radius 1 is 1.12 bits per heavy atom. The molecule has 34 heavy (non-hydrogen) atoms. The van der Waals surface area contributed by atoms with Gasteiger partial charge in [-0.1, -0.05) is 12.1 Å². The molecule has 8 heteroatoms. The summed E-state index contributed by atoms with van der Waals surface area (Å²) in [7, 11) is 1.80. The minimum atomic E-state index is -0.0198. The molecule has 176 valence electrons. The Balaban J connectivity index is 1.45. The number of hydrogen-bond acceptors (Lipinski definition) is 6. The Morgan fingerprint density at radius 3 is 2.65 bits per heavy atom. The van der Waals surface area contributed by atoms with E-state index in [1.807, 2.05) is 17.0 Å². The van der Waals surface area contributed by atoms with E-state index < -0.39 is 0 Å². The number of benzene rings is 1. The highest BCUT2D eigenvalue weighted by Crippen LogP contribution is 2.33. The van der Waals surface area contributed by atoms with Gasteiger partial charge in [0.15, 0.2) is 0 Å². The van der Waals surface area contributed by atoms with E-state index in [0.29, 0.717) is 6.54 Å². The minimum Gasteiger partial charge on any atom is -0.364 e. The van der Waals surface area contributed by atoms with E-state index in [4.69, 9.17) is 5.10 Å². The maximum Gasteiger partial charge on any atom is 0.252 e. The summed E-state index contributed by atoms with van der Waals surface area (Å²) in [6.45, 7) is 12.8. The molecule has 0 saturated carbocycles. The topological polar surface area (TPSA) is 72.1 Å². The average Bonchev–Trinajstić information content (AvgIpc) is 3.26. The summed E-state index contributed by atoms with van der Waals surface area (Å²) in [4.78, 5) is 26.5. The summed E-state index contributed by atoms with van der Waals surface area (Å²) < 4.78 is 3.51. The quantitative estimate of drug-likeness (QED) is 0.427. The SMILES string of the molecule is C=CCn1cc2c(n1)c(N1C[C@@H](C)N([C@H](C)c3ccc4nccnc4c3)C[C@@H]1C)cc(=O)n2C. The van der Waals surface area contributed by atoms with Crippen molar-refractivity contribution in [2.45, 2.75) is 45.4 Å². The summed E-state index contributed by atoms with van der Waals surface area (Å²) in [5, 5.41) is 4.79. The largest absolute Gasteiger partial charge is 0.364 e. The zero-order valence-corrected chi connectivity index (χ0v) is 20.2. The molecule has 3 atom stereocenters. The van der Waals surface area contributed by atoms with Gasteiger partial charge in [-0.3, -0.25) is 24.3 Å². The second kappa shape index (κ2) is 8.68. The fourth-order valence-corrected chi connectivity index (χ4v) is 5.14. The number of fused-ring (bicyclic) bond motifs is 2. The standard InChI is InChI=1S/C26H31N7O/c1-6-11-31-16-24-26(29-31)23(13-25(34)30(24)5)33-15-17(2)32(14-18(33)3)19(4)20-7-8-21-22(12-20)28-10-9-27-21/h6-10,12-13,16-19H,1,11,14-15H2,2-5H3/t17-,18+,19-/m1/s1. The van der Waals surface area contributed by atoms with E-state index in [1.165, 1.54) is 5.56 Å². The molecule has 3 aromatic heterocycles. The molecule has 0 N–H and O–H groups in total. The lowest BCUT2D eigenvalue weighted by molar-refractivity contribution is 0.119. The van der Waals surface area contributed by atoms with Crippen LogP contribution >= 0.6 is 0 Å². The average molecular weight is 458 g/mol. The molecule has 1 saturated heterocycles. The second-order valence-electron chi connectivity index (χ2n) is 9.33. The fourth-order valence-electron chi connectivity index (χ4n) is 5.14. The molecule has 0 amide bonds. The Kier molecular flexibility index (Phi) is 5.69. The molecule has 8 nitrogen and oxygen atoms in total. The molecule has 0 aliphatic carbocycles. The number of nitrogens with zero attached hydrogens (tertiary/aromatic N) is 7. The molecule has 0 radical (unpaired) electrons. The van der Waals surface area contributed by atoms with Crippen molar-refractivity contribution in [3.63, 3.8) is 0 Å². The molecule has 1 aliphatic rings. The van der Waals surface area contributed by atoms with Gasteiger partial charge < -0.3 is 9.47 Å². The highest BCUT2D eigenvalue weighted by molar-refractivity contribution is 5.88. The number of anilines is 1. The summed E-state index contributed by atoms with van der Waals surface area (Å²) in [6, 6.07) is 8.83. The van der Waals surface area contributed by atoms with Gasteiger partial charge in [-0.05, 0) is 38.5 Å². The number of aryl methyl sites for hydroxylation is 1. The van der Waals surface area contributed by atoms with E-state index in [-0.39, 0.29) is 23.7 Å². The Morgan fingerprint density at radius 2 is 1.88 bits per heavy atom. The summed E-state index contributed by atoms with van der Waals surface area (Å²) in [6.07, 6.45) is 7.20. The van der Waals surface area contributed by atoms with Gasteiger partial charge in [-0.2, -0.15) is 5.10 Å². The Hall–Kier alpha value is -3.52. The summed E-state index contributed by atoms with van der Waals surface area (Å²) >= 11 is 0. The fraction of sp³-hybridized carbons (Fsp3) is 0.385. The number of aromatic nitrogens is 5. The van der Waals surface area contributed by atoms with Crippen LogP contribution in [0.25, 0.3) is 22.1 Å². The monoisotopic (exact) mass is 457 g/mol. The predicted octanol–water partition coefficient (Wildman–Crippen LogP) is 3.52. The zero-order chi connectivity index (χ0) is 24.0. The van der Waals surface area contributed by atoms with Gasteiger partial charge in [-0.15, -0.1) is 6.58 Å². The van der Waals surface area contributed by atoms with Crippen LogP contribution in [-0.4, -0.2) is 54.4 Å². The van der Waals surface area contributed by atoms with Crippen LogP contribution in [0, 0.1) is 0 Å². The molecular weight excluding hydrogens is 426 g/mol. The highest BCUT2D eigenvalue weighted by atomic mass is 16.1. The second-order valence-corrected chi connectivity index (χ2v) is 9.33. The van der Waals surface area contributed by atoms with E-state index >= 15 is 0 Å². The van der Waals surface area contributed by atoms with Crippen LogP contribution in [0.1, 0.15) is 32.4 Å². The molecule has 4 aromatic rings. The van der Waals surface area contributed by atoms with Crippen LogP contribution in [0.4, 0.5) is 5.69 Å². The maximum absolute atomic E-state index is 12.8. The number of pyridine rings is 1. The van der Waals surface area contributed by atoms with Crippen LogP contribution in [0.5, 0.6) is 0 Å². The molecular formula is C26H31N7O. The molecule has 0 spiro atoms. The Labute approximate surface area is 199 Å². The van der Waals surface area contributed by atoms with Gasteiger partial charge in [0.2, 0.25) is 0 Å². The zero-order valence-electron chi connectivity index (χ0n) is 20.2. The van der Waals surface area contributed by atoms with Gasteiger partial charge in [0.1, 0.15) is 5.52 Å². The third-order valence-corrected chi connectivity index (χ3v) is 7.07. The third-order valence-electron chi connectivity index (χ3n) is 7.07. The van der Waals surface area contributed by atoms with Crippen molar-refractivity contribution in [2.75, 3.05) is 18.0 Å². The highest BCUT2D eigenvalue weighted by Gasteiger charge is 2.34. The molecule has 5 rings (SSSR count). The van der Waals surface area contributed by atoms with Crippen molar-refractivity contribution in [1.29, 1.82) is 0 Å². The molecule has 1 aliphatic heterocycles. The lowest BCUT2D eigenvalue weighted by Gasteiger charge is -2.47. The van der Waals surface area contributed by atoms with Crippen LogP contribution in [-0.2, 0) is 13.6 Å². The predicted molar refractivity (Wildman–Crippen MR) is 136 cm³/mol. The lowest BCUT2D eigenvalue weighted by atomic mass is 10.00. The van der Waals surface area contributed by atoms with Crippen LogP contribution in [0.15, 0.2) is 60.3 Å². The van der Waals surface area contributed by atoms with E-state index in [1.54, 1.807) is 30.1 Å². The first kappa shape index (κ1) is 22.3. The normalized spacial score (nSPS) is 20.2. The molecule has 1 aromatic carbocycles. The van der Waals surface area contributed by atoms with Gasteiger partial charge in [0.25, 0.3) is 5.56 Å². The van der Waals surface area contributed by atoms with E-state index in [2.05, 4.69) is 65.3 Å². The van der Waals surface area contributed by atoms with Crippen molar-refractivity contribution in [3.05, 3.63) is 71.4 Å². The van der Waals surface area contributed by atoms with Gasteiger partial charge in [-0.25, -0.2) is 0 Å². The van der Waals surface area contributed by atoms with E-state index in [9.17, 15) is 4.79 Å². The summed E-state index contributed by atoms with van der Waals surface area (Å²) in [5.74, 6) is 0.